The van der Waals surface area contributed by atoms with Crippen LogP contribution in [0.25, 0.3) is 0 Å². The summed E-state index contributed by atoms with van der Waals surface area (Å²) >= 11 is 0. The van der Waals surface area contributed by atoms with E-state index in [1.807, 2.05) is 0 Å². The number of aliphatic hydroxyl groups is 1. The molecule has 0 radical (unpaired) electrons. The molecule has 24 heavy (non-hydrogen) atoms. The third kappa shape index (κ3) is 5.85. The summed E-state index contributed by atoms with van der Waals surface area (Å²) < 4.78 is 31.0. The zero-order chi connectivity index (χ0) is 17.4. The molecule has 2 amide bonds. The van der Waals surface area contributed by atoms with E-state index in [-0.39, 0.29) is 19.7 Å². The number of benzene rings is 2. The van der Waals surface area contributed by atoms with Crippen molar-refractivity contribution in [1.29, 1.82) is 0 Å². The van der Waals surface area contributed by atoms with Gasteiger partial charge in [-0.3, -0.25) is 0 Å². The molecule has 0 aliphatic rings. The van der Waals surface area contributed by atoms with Crippen LogP contribution in [0.3, 0.4) is 0 Å². The third-order valence-corrected chi connectivity index (χ3v) is 3.16. The molecule has 0 saturated carbocycles. The molecule has 7 heteroatoms. The molecule has 1 unspecified atom stereocenters. The van der Waals surface area contributed by atoms with Crippen LogP contribution in [0, 0.1) is 11.6 Å². The lowest BCUT2D eigenvalue weighted by molar-refractivity contribution is 0.172. The number of hydrogen-bond acceptors (Lipinski definition) is 3. The van der Waals surface area contributed by atoms with Crippen molar-refractivity contribution in [2.24, 2.45) is 0 Å². The van der Waals surface area contributed by atoms with Crippen LogP contribution in [-0.4, -0.2) is 30.8 Å². The smallest absolute Gasteiger partial charge is 0.315 e. The van der Waals surface area contributed by atoms with Gasteiger partial charge in [-0.2, -0.15) is 0 Å². The van der Waals surface area contributed by atoms with Gasteiger partial charge in [-0.25, -0.2) is 13.6 Å². The number of urea groups is 1. The van der Waals surface area contributed by atoms with Crippen molar-refractivity contribution in [3.8, 4) is 5.75 Å². The fourth-order valence-corrected chi connectivity index (χ4v) is 1.94. The predicted molar refractivity (Wildman–Crippen MR) is 84.7 cm³/mol. The average Bonchev–Trinajstić information content (AvgIpc) is 2.57. The Labute approximate surface area is 138 Å². The van der Waals surface area contributed by atoms with Crippen LogP contribution in [0.1, 0.15) is 11.7 Å². The summed E-state index contributed by atoms with van der Waals surface area (Å²) in [6.07, 6.45) is -0.931. The summed E-state index contributed by atoms with van der Waals surface area (Å²) in [7, 11) is 0. The highest BCUT2D eigenvalue weighted by Crippen LogP contribution is 2.12. The van der Waals surface area contributed by atoms with Gasteiger partial charge >= 0.3 is 6.03 Å². The summed E-state index contributed by atoms with van der Waals surface area (Å²) in [6, 6.07) is 10.6. The number of nitrogens with one attached hydrogen (secondary N) is 2. The molecule has 128 valence electrons. The number of rotatable bonds is 7. The fourth-order valence-electron chi connectivity index (χ4n) is 1.94. The number of halogens is 2. The Balaban J connectivity index is 1.63. The van der Waals surface area contributed by atoms with Gasteiger partial charge in [-0.1, -0.05) is 18.2 Å². The topological polar surface area (TPSA) is 70.6 Å². The van der Waals surface area contributed by atoms with E-state index in [1.54, 1.807) is 6.07 Å². The van der Waals surface area contributed by atoms with Gasteiger partial charge in [-0.15, -0.1) is 0 Å². The Morgan fingerprint density at radius 2 is 1.83 bits per heavy atom. The van der Waals surface area contributed by atoms with Crippen LogP contribution in [0.4, 0.5) is 13.6 Å². The molecule has 0 aliphatic carbocycles. The van der Waals surface area contributed by atoms with Crippen molar-refractivity contribution < 1.29 is 23.4 Å². The monoisotopic (exact) mass is 336 g/mol. The minimum atomic E-state index is -0.931. The highest BCUT2D eigenvalue weighted by molar-refractivity contribution is 5.73. The molecule has 3 N–H and O–H groups in total. The minimum Gasteiger partial charge on any atom is -0.492 e. The zero-order valence-electron chi connectivity index (χ0n) is 12.8. The van der Waals surface area contributed by atoms with Gasteiger partial charge in [0.1, 0.15) is 24.0 Å². The summed E-state index contributed by atoms with van der Waals surface area (Å²) in [6.45, 7) is 0.384. The summed E-state index contributed by atoms with van der Waals surface area (Å²) in [5.74, 6) is -0.410. The van der Waals surface area contributed by atoms with Crippen LogP contribution in [0.2, 0.25) is 0 Å². The van der Waals surface area contributed by atoms with Gasteiger partial charge in [0.15, 0.2) is 0 Å². The number of ether oxygens (including phenoxy) is 1. The molecule has 0 saturated heterocycles. The molecule has 0 heterocycles. The van der Waals surface area contributed by atoms with Crippen molar-refractivity contribution in [2.45, 2.75) is 6.10 Å². The normalized spacial score (nSPS) is 11.6. The second kappa shape index (κ2) is 8.83. The molecule has 0 aliphatic heterocycles. The fraction of sp³-hybridized carbons (Fsp3) is 0.235. The van der Waals surface area contributed by atoms with Gasteiger partial charge < -0.3 is 20.5 Å². The second-order valence-electron chi connectivity index (χ2n) is 5.01. The SMILES string of the molecule is O=C(NCCOc1cccc(F)c1)NCC(O)c1ccc(F)cc1. The Bertz CT molecular complexity index is 665. The number of carbonyl (C=O) groups is 1. The quantitative estimate of drug-likeness (QED) is 0.680. The maximum Gasteiger partial charge on any atom is 0.315 e. The minimum absolute atomic E-state index is 0.0117. The molecule has 2 rings (SSSR count). The standard InChI is InChI=1S/C17H18F2N2O3/c18-13-6-4-12(5-7-13)16(22)11-21-17(23)20-8-9-24-15-3-1-2-14(19)10-15/h1-7,10,16,22H,8-9,11H2,(H2,20,21,23). The first-order valence-electron chi connectivity index (χ1n) is 7.38. The lowest BCUT2D eigenvalue weighted by atomic mass is 10.1. The number of hydrogen-bond donors (Lipinski definition) is 3. The van der Waals surface area contributed by atoms with Crippen molar-refractivity contribution in [1.82, 2.24) is 10.6 Å². The number of aliphatic hydroxyl groups excluding tert-OH is 1. The Morgan fingerprint density at radius 1 is 1.08 bits per heavy atom. The van der Waals surface area contributed by atoms with Gasteiger partial charge in [0.2, 0.25) is 0 Å². The van der Waals surface area contributed by atoms with E-state index in [0.29, 0.717) is 11.3 Å². The van der Waals surface area contributed by atoms with Crippen LogP contribution in [0.5, 0.6) is 5.75 Å². The molecular weight excluding hydrogens is 318 g/mol. The summed E-state index contributed by atoms with van der Waals surface area (Å²) in [4.78, 5) is 11.6. The Hall–Kier alpha value is -2.67. The molecule has 1 atom stereocenters. The second-order valence-corrected chi connectivity index (χ2v) is 5.01. The van der Waals surface area contributed by atoms with E-state index in [9.17, 15) is 18.7 Å². The molecular formula is C17H18F2N2O3. The van der Waals surface area contributed by atoms with Gasteiger partial charge in [-0.05, 0) is 29.8 Å². The van der Waals surface area contributed by atoms with Crippen LogP contribution >= 0.6 is 0 Å². The van der Waals surface area contributed by atoms with E-state index < -0.39 is 23.8 Å². The zero-order valence-corrected chi connectivity index (χ0v) is 12.8. The summed E-state index contributed by atoms with van der Waals surface area (Å²) in [5.41, 5.74) is 0.506. The molecule has 5 nitrogen and oxygen atoms in total. The Kier molecular flexibility index (Phi) is 6.51. The van der Waals surface area contributed by atoms with Crippen molar-refractivity contribution in [2.75, 3.05) is 19.7 Å². The lowest BCUT2D eigenvalue weighted by Crippen LogP contribution is -2.39. The summed E-state index contributed by atoms with van der Waals surface area (Å²) in [5, 5.41) is 14.9. The van der Waals surface area contributed by atoms with E-state index in [1.165, 1.54) is 42.5 Å². The molecule has 0 fully saturated rings. The van der Waals surface area contributed by atoms with E-state index in [0.717, 1.165) is 0 Å². The first-order chi connectivity index (χ1) is 11.5. The van der Waals surface area contributed by atoms with E-state index in [4.69, 9.17) is 4.74 Å². The van der Waals surface area contributed by atoms with Gasteiger partial charge in [0.25, 0.3) is 0 Å². The highest BCUT2D eigenvalue weighted by atomic mass is 19.1. The average molecular weight is 336 g/mol. The highest BCUT2D eigenvalue weighted by Gasteiger charge is 2.09. The molecule has 0 bridgehead atoms. The van der Waals surface area contributed by atoms with E-state index in [2.05, 4.69) is 10.6 Å². The number of amides is 2. The third-order valence-electron chi connectivity index (χ3n) is 3.16. The largest absolute Gasteiger partial charge is 0.492 e. The van der Waals surface area contributed by atoms with Crippen molar-refractivity contribution >= 4 is 6.03 Å². The first-order valence-corrected chi connectivity index (χ1v) is 7.38. The molecule has 2 aromatic carbocycles. The maximum atomic E-state index is 12.9. The Morgan fingerprint density at radius 3 is 2.54 bits per heavy atom. The predicted octanol–water partition coefficient (Wildman–Crippen LogP) is 2.38. The van der Waals surface area contributed by atoms with Crippen molar-refractivity contribution in [3.63, 3.8) is 0 Å². The molecule has 0 spiro atoms. The van der Waals surface area contributed by atoms with E-state index >= 15 is 0 Å². The number of carbonyl (C=O) groups excluding carboxylic acids is 1. The first kappa shape index (κ1) is 17.7. The van der Waals surface area contributed by atoms with Crippen molar-refractivity contribution in [3.05, 3.63) is 65.7 Å². The van der Waals surface area contributed by atoms with Gasteiger partial charge in [0, 0.05) is 12.6 Å². The van der Waals surface area contributed by atoms with Crippen LogP contribution < -0.4 is 15.4 Å². The van der Waals surface area contributed by atoms with Crippen LogP contribution in [-0.2, 0) is 0 Å². The maximum absolute atomic E-state index is 12.9. The molecule has 2 aromatic rings. The molecule has 0 aromatic heterocycles. The van der Waals surface area contributed by atoms with Crippen LogP contribution in [0.15, 0.2) is 48.5 Å². The van der Waals surface area contributed by atoms with Gasteiger partial charge in [0.05, 0.1) is 12.6 Å². The lowest BCUT2D eigenvalue weighted by Gasteiger charge is -2.13.